The van der Waals surface area contributed by atoms with Crippen LogP contribution in [0.5, 0.6) is 0 Å². The molecule has 0 amide bonds. The Morgan fingerprint density at radius 3 is 2.50 bits per heavy atom. The Kier molecular flexibility index (Phi) is 5.54. The number of halogens is 1. The number of carbonyl (C=O) groups excluding carboxylic acids is 1. The van der Waals surface area contributed by atoms with Gasteiger partial charge in [0, 0.05) is 11.8 Å². The van der Waals surface area contributed by atoms with Crippen LogP contribution in [0.3, 0.4) is 0 Å². The number of carbonyl (C=O) groups is 1. The Balaban J connectivity index is 0.000000561. The molecule has 0 aliphatic rings. The molecule has 0 unspecified atom stereocenters. The van der Waals surface area contributed by atoms with Crippen molar-refractivity contribution < 1.29 is 4.79 Å². The van der Waals surface area contributed by atoms with Crippen LogP contribution in [0.25, 0.3) is 0 Å². The molecule has 1 aromatic rings. The molecular formula is C9H12BrNO. The number of hydrogen-bond acceptors (Lipinski definition) is 2. The molecule has 66 valence electrons. The van der Waals surface area contributed by atoms with Gasteiger partial charge in [-0.2, -0.15) is 0 Å². The van der Waals surface area contributed by atoms with E-state index in [2.05, 4.69) is 20.9 Å². The van der Waals surface area contributed by atoms with E-state index in [1.165, 1.54) is 0 Å². The molecule has 0 fully saturated rings. The lowest BCUT2D eigenvalue weighted by Gasteiger charge is -1.95. The lowest BCUT2D eigenvalue weighted by Crippen LogP contribution is -1.87. The molecule has 12 heavy (non-hydrogen) atoms. The van der Waals surface area contributed by atoms with Gasteiger partial charge in [0.1, 0.15) is 4.60 Å². The van der Waals surface area contributed by atoms with Gasteiger partial charge in [-0.3, -0.25) is 4.79 Å². The maximum absolute atomic E-state index is 10.3. The average molecular weight is 230 g/mol. The molecule has 0 aliphatic carbocycles. The van der Waals surface area contributed by atoms with E-state index in [4.69, 9.17) is 0 Å². The molecule has 0 aliphatic heterocycles. The van der Waals surface area contributed by atoms with E-state index in [0.717, 1.165) is 16.5 Å². The summed E-state index contributed by atoms with van der Waals surface area (Å²) in [5, 5.41) is 0. The van der Waals surface area contributed by atoms with Crippen LogP contribution in [0, 0.1) is 6.92 Å². The van der Waals surface area contributed by atoms with E-state index in [0.29, 0.717) is 5.56 Å². The Bertz CT molecular complexity index is 261. The minimum Gasteiger partial charge on any atom is -0.298 e. The van der Waals surface area contributed by atoms with E-state index in [1.807, 2.05) is 26.8 Å². The first-order chi connectivity index (χ1) is 5.74. The van der Waals surface area contributed by atoms with Crippen molar-refractivity contribution in [1.29, 1.82) is 0 Å². The number of pyridine rings is 1. The zero-order valence-corrected chi connectivity index (χ0v) is 9.05. The van der Waals surface area contributed by atoms with Crippen LogP contribution in [0.15, 0.2) is 16.9 Å². The Morgan fingerprint density at radius 1 is 1.50 bits per heavy atom. The SMILES string of the molecule is CC.Cc1cc(Br)ncc1C=O. The van der Waals surface area contributed by atoms with Gasteiger partial charge in [-0.25, -0.2) is 4.98 Å². The molecule has 1 aromatic heterocycles. The van der Waals surface area contributed by atoms with Crippen molar-refractivity contribution in [3.63, 3.8) is 0 Å². The van der Waals surface area contributed by atoms with Crippen molar-refractivity contribution in [2.24, 2.45) is 0 Å². The van der Waals surface area contributed by atoms with Gasteiger partial charge in [0.25, 0.3) is 0 Å². The van der Waals surface area contributed by atoms with Crippen LogP contribution < -0.4 is 0 Å². The van der Waals surface area contributed by atoms with Gasteiger partial charge in [0.2, 0.25) is 0 Å². The van der Waals surface area contributed by atoms with Gasteiger partial charge < -0.3 is 0 Å². The second kappa shape index (κ2) is 5.89. The average Bonchev–Trinajstić information content (AvgIpc) is 2.08. The quantitative estimate of drug-likeness (QED) is 0.548. The van der Waals surface area contributed by atoms with Crippen molar-refractivity contribution >= 4 is 22.2 Å². The summed E-state index contributed by atoms with van der Waals surface area (Å²) in [5.74, 6) is 0. The third kappa shape index (κ3) is 3.13. The van der Waals surface area contributed by atoms with Crippen molar-refractivity contribution in [1.82, 2.24) is 4.98 Å². The fraction of sp³-hybridized carbons (Fsp3) is 0.333. The number of aldehydes is 1. The molecule has 0 atom stereocenters. The molecule has 0 N–H and O–H groups in total. The molecule has 0 saturated carbocycles. The van der Waals surface area contributed by atoms with Crippen molar-refractivity contribution in [3.05, 3.63) is 28.0 Å². The minimum atomic E-state index is 0.642. The molecule has 0 saturated heterocycles. The zero-order chi connectivity index (χ0) is 9.56. The summed E-state index contributed by atoms with van der Waals surface area (Å²) in [6, 6.07) is 1.81. The van der Waals surface area contributed by atoms with Crippen molar-refractivity contribution in [3.8, 4) is 0 Å². The molecule has 1 rings (SSSR count). The number of nitrogens with zero attached hydrogens (tertiary/aromatic N) is 1. The first-order valence-corrected chi connectivity index (χ1v) is 4.60. The standard InChI is InChI=1S/C7H6BrNO.C2H6/c1-5-2-7(8)9-3-6(5)4-10;1-2/h2-4H,1H3;1-2H3. The highest BCUT2D eigenvalue weighted by Gasteiger charge is 1.96. The van der Waals surface area contributed by atoms with Crippen LogP contribution in [-0.4, -0.2) is 11.3 Å². The molecular weight excluding hydrogens is 218 g/mol. The largest absolute Gasteiger partial charge is 0.298 e. The fourth-order valence-electron chi connectivity index (χ4n) is 0.656. The summed E-state index contributed by atoms with van der Waals surface area (Å²) in [7, 11) is 0. The maximum atomic E-state index is 10.3. The van der Waals surface area contributed by atoms with Gasteiger partial charge in [-0.05, 0) is 34.5 Å². The normalized spacial score (nSPS) is 8.33. The number of hydrogen-bond donors (Lipinski definition) is 0. The molecule has 2 nitrogen and oxygen atoms in total. The number of aromatic nitrogens is 1. The monoisotopic (exact) mass is 229 g/mol. The van der Waals surface area contributed by atoms with E-state index in [-0.39, 0.29) is 0 Å². The maximum Gasteiger partial charge on any atom is 0.151 e. The summed E-state index contributed by atoms with van der Waals surface area (Å²) in [6.07, 6.45) is 2.35. The zero-order valence-electron chi connectivity index (χ0n) is 7.47. The topological polar surface area (TPSA) is 30.0 Å². The smallest absolute Gasteiger partial charge is 0.151 e. The Labute approximate surface area is 81.1 Å². The van der Waals surface area contributed by atoms with Gasteiger partial charge in [0.05, 0.1) is 0 Å². The van der Waals surface area contributed by atoms with Gasteiger partial charge in [0.15, 0.2) is 6.29 Å². The lowest BCUT2D eigenvalue weighted by atomic mass is 10.2. The van der Waals surface area contributed by atoms with Gasteiger partial charge in [-0.1, -0.05) is 13.8 Å². The summed E-state index contributed by atoms with van der Waals surface area (Å²) in [6.45, 7) is 5.87. The number of rotatable bonds is 1. The number of aryl methyl sites for hydroxylation is 1. The molecule has 1 heterocycles. The Hall–Kier alpha value is -0.700. The molecule has 0 bridgehead atoms. The molecule has 0 aromatic carbocycles. The second-order valence-electron chi connectivity index (χ2n) is 1.98. The third-order valence-electron chi connectivity index (χ3n) is 1.24. The minimum absolute atomic E-state index is 0.642. The Morgan fingerprint density at radius 2 is 2.08 bits per heavy atom. The first-order valence-electron chi connectivity index (χ1n) is 3.81. The summed E-state index contributed by atoms with van der Waals surface area (Å²) in [5.41, 5.74) is 1.58. The van der Waals surface area contributed by atoms with Crippen LogP contribution in [0.1, 0.15) is 29.8 Å². The van der Waals surface area contributed by atoms with Crippen molar-refractivity contribution in [2.45, 2.75) is 20.8 Å². The lowest BCUT2D eigenvalue weighted by molar-refractivity contribution is 0.112. The predicted octanol–water partition coefficient (Wildman–Crippen LogP) is 2.99. The highest BCUT2D eigenvalue weighted by Crippen LogP contribution is 2.10. The molecule has 0 radical (unpaired) electrons. The van der Waals surface area contributed by atoms with Crippen LogP contribution in [-0.2, 0) is 0 Å². The summed E-state index contributed by atoms with van der Waals surface area (Å²) >= 11 is 3.20. The van der Waals surface area contributed by atoms with Crippen molar-refractivity contribution in [2.75, 3.05) is 0 Å². The first kappa shape index (κ1) is 11.3. The van der Waals surface area contributed by atoms with E-state index in [1.54, 1.807) is 6.20 Å². The van der Waals surface area contributed by atoms with E-state index < -0.39 is 0 Å². The third-order valence-corrected chi connectivity index (χ3v) is 1.68. The van der Waals surface area contributed by atoms with E-state index >= 15 is 0 Å². The van der Waals surface area contributed by atoms with Gasteiger partial charge in [-0.15, -0.1) is 0 Å². The highest BCUT2D eigenvalue weighted by molar-refractivity contribution is 9.10. The van der Waals surface area contributed by atoms with Crippen LogP contribution in [0.2, 0.25) is 0 Å². The molecule has 0 spiro atoms. The molecule has 3 heteroatoms. The predicted molar refractivity (Wildman–Crippen MR) is 53.4 cm³/mol. The van der Waals surface area contributed by atoms with Gasteiger partial charge >= 0.3 is 0 Å². The highest BCUT2D eigenvalue weighted by atomic mass is 79.9. The fourth-order valence-corrected chi connectivity index (χ4v) is 1.10. The van der Waals surface area contributed by atoms with Crippen LogP contribution in [0.4, 0.5) is 0 Å². The second-order valence-corrected chi connectivity index (χ2v) is 2.79. The van der Waals surface area contributed by atoms with E-state index in [9.17, 15) is 4.79 Å². The summed E-state index contributed by atoms with van der Waals surface area (Å²) < 4.78 is 0.760. The summed E-state index contributed by atoms with van der Waals surface area (Å²) in [4.78, 5) is 14.2. The van der Waals surface area contributed by atoms with Crippen LogP contribution >= 0.6 is 15.9 Å².